The molecule has 25 heavy (non-hydrogen) atoms. The maximum absolute atomic E-state index is 3.46. The molecule has 1 aromatic carbocycles. The Morgan fingerprint density at radius 2 is 1.52 bits per heavy atom. The number of rotatable bonds is 8. The lowest BCUT2D eigenvalue weighted by atomic mass is 9.89. The minimum Gasteiger partial charge on any atom is -0.317 e. The standard InChI is InChI=1S/C24H35N/c1-20-8-6-7-11-22(20)10-5-3-2-4-9-21-12-14-23(15-13-21)24-16-18-25-19-17-24/h8,11-15,24-25H,2-7,9-10,16-19H2,1H3. The van der Waals surface area contributed by atoms with Crippen molar-refractivity contribution < 1.29 is 0 Å². The van der Waals surface area contributed by atoms with Crippen molar-refractivity contribution in [3.8, 4) is 0 Å². The van der Waals surface area contributed by atoms with Gasteiger partial charge in [0, 0.05) is 0 Å². The lowest BCUT2D eigenvalue weighted by Gasteiger charge is -2.23. The quantitative estimate of drug-likeness (QED) is 0.548. The highest BCUT2D eigenvalue weighted by Crippen LogP contribution is 2.26. The van der Waals surface area contributed by atoms with Crippen molar-refractivity contribution >= 4 is 0 Å². The van der Waals surface area contributed by atoms with Gasteiger partial charge in [-0.1, -0.05) is 54.8 Å². The molecule has 0 unspecified atom stereocenters. The number of nitrogens with one attached hydrogen (secondary N) is 1. The summed E-state index contributed by atoms with van der Waals surface area (Å²) >= 11 is 0. The molecule has 1 saturated heterocycles. The highest BCUT2D eigenvalue weighted by atomic mass is 14.9. The van der Waals surface area contributed by atoms with Crippen LogP contribution in [0.3, 0.4) is 0 Å². The van der Waals surface area contributed by atoms with Crippen LogP contribution in [0.25, 0.3) is 0 Å². The molecule has 0 amide bonds. The third-order valence-electron chi connectivity index (χ3n) is 5.97. The van der Waals surface area contributed by atoms with Crippen molar-refractivity contribution in [1.29, 1.82) is 0 Å². The van der Waals surface area contributed by atoms with Crippen molar-refractivity contribution in [3.63, 3.8) is 0 Å². The molecule has 0 spiro atoms. The molecule has 1 fully saturated rings. The summed E-state index contributed by atoms with van der Waals surface area (Å²) in [7, 11) is 0. The molecule has 1 N–H and O–H groups in total. The lowest BCUT2D eigenvalue weighted by Crippen LogP contribution is -2.26. The van der Waals surface area contributed by atoms with Gasteiger partial charge in [-0.05, 0) is 94.0 Å². The zero-order valence-electron chi connectivity index (χ0n) is 16.0. The molecule has 1 aliphatic carbocycles. The van der Waals surface area contributed by atoms with Crippen LogP contribution in [0, 0.1) is 0 Å². The number of unbranched alkanes of at least 4 members (excludes halogenated alkanes) is 3. The fourth-order valence-electron chi connectivity index (χ4n) is 4.26. The van der Waals surface area contributed by atoms with E-state index in [1.807, 2.05) is 0 Å². The van der Waals surface area contributed by atoms with E-state index in [0.717, 1.165) is 5.92 Å². The number of aryl methyl sites for hydroxylation is 1. The fourth-order valence-corrected chi connectivity index (χ4v) is 4.26. The monoisotopic (exact) mass is 337 g/mol. The Morgan fingerprint density at radius 1 is 0.840 bits per heavy atom. The van der Waals surface area contributed by atoms with Gasteiger partial charge in [0.2, 0.25) is 0 Å². The highest BCUT2D eigenvalue weighted by molar-refractivity contribution is 5.31. The summed E-state index contributed by atoms with van der Waals surface area (Å²) in [5, 5.41) is 3.46. The highest BCUT2D eigenvalue weighted by Gasteiger charge is 2.14. The first-order valence-electron chi connectivity index (χ1n) is 10.5. The van der Waals surface area contributed by atoms with Gasteiger partial charge in [0.05, 0.1) is 0 Å². The molecule has 0 saturated carbocycles. The minimum atomic E-state index is 0.780. The Kier molecular flexibility index (Phi) is 7.36. The summed E-state index contributed by atoms with van der Waals surface area (Å²) in [5.41, 5.74) is 6.21. The molecule has 1 aliphatic heterocycles. The normalized spacial score (nSPS) is 18.8. The molecule has 0 aromatic heterocycles. The van der Waals surface area contributed by atoms with Crippen molar-refractivity contribution in [1.82, 2.24) is 5.32 Å². The van der Waals surface area contributed by atoms with Gasteiger partial charge >= 0.3 is 0 Å². The Balaban J connectivity index is 1.31. The Morgan fingerprint density at radius 3 is 2.24 bits per heavy atom. The van der Waals surface area contributed by atoms with Gasteiger partial charge in [0.15, 0.2) is 0 Å². The van der Waals surface area contributed by atoms with Crippen molar-refractivity contribution in [2.75, 3.05) is 13.1 Å². The molecule has 0 radical (unpaired) electrons. The van der Waals surface area contributed by atoms with Gasteiger partial charge in [-0.15, -0.1) is 0 Å². The average molecular weight is 338 g/mol. The molecule has 1 aromatic rings. The van der Waals surface area contributed by atoms with Gasteiger partial charge in [0.1, 0.15) is 0 Å². The molecule has 0 atom stereocenters. The number of hydrogen-bond acceptors (Lipinski definition) is 1. The summed E-state index contributed by atoms with van der Waals surface area (Å²) in [4.78, 5) is 0. The number of piperidine rings is 1. The first-order valence-corrected chi connectivity index (χ1v) is 10.5. The first kappa shape index (κ1) is 18.5. The maximum atomic E-state index is 3.46. The van der Waals surface area contributed by atoms with Crippen LogP contribution in [0.15, 0.2) is 47.6 Å². The minimum absolute atomic E-state index is 0.780. The number of hydrogen-bond donors (Lipinski definition) is 1. The van der Waals surface area contributed by atoms with Crippen LogP contribution in [0.5, 0.6) is 0 Å². The largest absolute Gasteiger partial charge is 0.317 e. The topological polar surface area (TPSA) is 12.0 Å². The van der Waals surface area contributed by atoms with Gasteiger partial charge in [0.25, 0.3) is 0 Å². The summed E-state index contributed by atoms with van der Waals surface area (Å²) in [5.74, 6) is 0.780. The Hall–Kier alpha value is -1.34. The molecule has 3 rings (SSSR count). The third-order valence-corrected chi connectivity index (χ3v) is 5.97. The van der Waals surface area contributed by atoms with E-state index >= 15 is 0 Å². The molecule has 1 heterocycles. The summed E-state index contributed by atoms with van der Waals surface area (Å²) in [6, 6.07) is 9.52. The number of benzene rings is 1. The van der Waals surface area contributed by atoms with E-state index < -0.39 is 0 Å². The third kappa shape index (κ3) is 5.85. The van der Waals surface area contributed by atoms with E-state index in [2.05, 4.69) is 48.7 Å². The van der Waals surface area contributed by atoms with Crippen LogP contribution in [0.1, 0.15) is 81.8 Å². The Labute approximate surface area is 154 Å². The second-order valence-corrected chi connectivity index (χ2v) is 7.87. The molecular weight excluding hydrogens is 302 g/mol. The van der Waals surface area contributed by atoms with E-state index in [4.69, 9.17) is 0 Å². The van der Waals surface area contributed by atoms with Crippen LogP contribution in [0.2, 0.25) is 0 Å². The van der Waals surface area contributed by atoms with Crippen LogP contribution in [-0.2, 0) is 6.42 Å². The van der Waals surface area contributed by atoms with E-state index in [0.29, 0.717) is 0 Å². The van der Waals surface area contributed by atoms with E-state index in [9.17, 15) is 0 Å². The molecule has 0 bridgehead atoms. The average Bonchev–Trinajstić information content (AvgIpc) is 2.67. The van der Waals surface area contributed by atoms with Gasteiger partial charge in [-0.3, -0.25) is 0 Å². The summed E-state index contributed by atoms with van der Waals surface area (Å²) < 4.78 is 0. The predicted octanol–water partition coefficient (Wildman–Crippen LogP) is 6.31. The van der Waals surface area contributed by atoms with Gasteiger partial charge in [-0.2, -0.15) is 0 Å². The zero-order valence-corrected chi connectivity index (χ0v) is 16.0. The van der Waals surface area contributed by atoms with Crippen LogP contribution < -0.4 is 5.32 Å². The molecule has 2 aliphatic rings. The summed E-state index contributed by atoms with van der Waals surface area (Å²) in [6.07, 6.45) is 17.9. The number of allylic oxidation sites excluding steroid dienone is 4. The maximum Gasteiger partial charge on any atom is -0.00431 e. The second kappa shape index (κ2) is 9.97. The molecule has 1 nitrogen and oxygen atoms in total. The molecular formula is C24H35N. The zero-order chi connectivity index (χ0) is 17.3. The van der Waals surface area contributed by atoms with Crippen LogP contribution in [0.4, 0.5) is 0 Å². The molecule has 1 heteroatoms. The van der Waals surface area contributed by atoms with Crippen LogP contribution >= 0.6 is 0 Å². The fraction of sp³-hybridized carbons (Fsp3) is 0.583. The SMILES string of the molecule is CC1=CCCC=C1CCCCCCc1ccc(C2CCNCC2)cc1. The van der Waals surface area contributed by atoms with Gasteiger partial charge in [-0.25, -0.2) is 0 Å². The van der Waals surface area contributed by atoms with Gasteiger partial charge < -0.3 is 5.32 Å². The van der Waals surface area contributed by atoms with Crippen LogP contribution in [-0.4, -0.2) is 13.1 Å². The molecule has 136 valence electrons. The first-order chi connectivity index (χ1) is 12.3. The predicted molar refractivity (Wildman–Crippen MR) is 109 cm³/mol. The van der Waals surface area contributed by atoms with E-state index in [1.54, 1.807) is 11.1 Å². The second-order valence-electron chi connectivity index (χ2n) is 7.87. The van der Waals surface area contributed by atoms with E-state index in [1.165, 1.54) is 88.4 Å². The van der Waals surface area contributed by atoms with Crippen molar-refractivity contribution in [2.45, 2.75) is 77.0 Å². The lowest BCUT2D eigenvalue weighted by molar-refractivity contribution is 0.460. The van der Waals surface area contributed by atoms with E-state index in [-0.39, 0.29) is 0 Å². The smallest absolute Gasteiger partial charge is 0.00431 e. The Bertz CT molecular complexity index is 573. The summed E-state index contributed by atoms with van der Waals surface area (Å²) in [6.45, 7) is 4.63. The van der Waals surface area contributed by atoms with Crippen molar-refractivity contribution in [2.24, 2.45) is 0 Å². The van der Waals surface area contributed by atoms with Crippen molar-refractivity contribution in [3.05, 3.63) is 58.7 Å².